The summed E-state index contributed by atoms with van der Waals surface area (Å²) in [5.41, 5.74) is 8.23. The zero-order chi connectivity index (χ0) is 13.4. The van der Waals surface area contributed by atoms with Crippen molar-refractivity contribution in [3.63, 3.8) is 0 Å². The van der Waals surface area contributed by atoms with Crippen LogP contribution in [0.25, 0.3) is 10.9 Å². The van der Waals surface area contributed by atoms with Crippen molar-refractivity contribution >= 4 is 40.6 Å². The van der Waals surface area contributed by atoms with E-state index in [2.05, 4.69) is 0 Å². The fraction of sp³-hybridized carbons (Fsp3) is 0.133. The predicted octanol–water partition coefficient (Wildman–Crippen LogP) is 3.83. The van der Waals surface area contributed by atoms with E-state index in [0.717, 1.165) is 21.3 Å². The van der Waals surface area contributed by atoms with E-state index < -0.39 is 0 Å². The second kappa shape index (κ2) is 5.79. The van der Waals surface area contributed by atoms with Crippen LogP contribution in [0.4, 0.5) is 0 Å². The standard InChI is InChI=1S/C15H14N2OS.ClH/c1-10(18)17-9-12(11-5-2-3-6-13(11)17)15(16)14-7-4-8-19-14;/h2-9,15H,16H2,1H3;1H/t15-;/m0./s1. The van der Waals surface area contributed by atoms with Crippen molar-refractivity contribution in [2.24, 2.45) is 5.73 Å². The molecular weight excluding hydrogens is 292 g/mol. The first-order valence-corrected chi connectivity index (χ1v) is 6.96. The Morgan fingerprint density at radius 3 is 2.65 bits per heavy atom. The first-order valence-electron chi connectivity index (χ1n) is 6.08. The highest BCUT2D eigenvalue weighted by molar-refractivity contribution is 7.10. The molecule has 1 atom stereocenters. The summed E-state index contributed by atoms with van der Waals surface area (Å²) in [5, 5.41) is 3.05. The highest BCUT2D eigenvalue weighted by Crippen LogP contribution is 2.31. The van der Waals surface area contributed by atoms with Gasteiger partial charge >= 0.3 is 0 Å². The second-order valence-corrected chi connectivity index (χ2v) is 5.46. The maximum Gasteiger partial charge on any atom is 0.227 e. The van der Waals surface area contributed by atoms with Crippen molar-refractivity contribution in [2.45, 2.75) is 13.0 Å². The van der Waals surface area contributed by atoms with Crippen LogP contribution >= 0.6 is 23.7 Å². The summed E-state index contributed by atoms with van der Waals surface area (Å²) < 4.78 is 1.66. The summed E-state index contributed by atoms with van der Waals surface area (Å²) in [4.78, 5) is 12.8. The Morgan fingerprint density at radius 1 is 1.25 bits per heavy atom. The average Bonchev–Trinajstić information content (AvgIpc) is 3.05. The Bertz CT molecular complexity index is 734. The third-order valence-corrected chi connectivity index (χ3v) is 4.22. The number of hydrogen-bond donors (Lipinski definition) is 1. The quantitative estimate of drug-likeness (QED) is 0.782. The molecule has 2 N–H and O–H groups in total. The number of thiophene rings is 1. The number of rotatable bonds is 2. The van der Waals surface area contributed by atoms with Gasteiger partial charge in [0.25, 0.3) is 0 Å². The lowest BCUT2D eigenvalue weighted by Gasteiger charge is -2.07. The monoisotopic (exact) mass is 306 g/mol. The van der Waals surface area contributed by atoms with Gasteiger partial charge in [0.1, 0.15) is 0 Å². The van der Waals surface area contributed by atoms with Crippen LogP contribution in [0.15, 0.2) is 48.0 Å². The van der Waals surface area contributed by atoms with Crippen molar-refractivity contribution in [1.29, 1.82) is 0 Å². The van der Waals surface area contributed by atoms with E-state index >= 15 is 0 Å². The number of para-hydroxylation sites is 1. The van der Waals surface area contributed by atoms with Gasteiger partial charge in [-0.25, -0.2) is 0 Å². The summed E-state index contributed by atoms with van der Waals surface area (Å²) in [6.45, 7) is 1.56. The lowest BCUT2D eigenvalue weighted by atomic mass is 10.1. The third-order valence-electron chi connectivity index (χ3n) is 3.27. The summed E-state index contributed by atoms with van der Waals surface area (Å²) in [6.07, 6.45) is 1.86. The van der Waals surface area contributed by atoms with E-state index in [-0.39, 0.29) is 24.4 Å². The van der Waals surface area contributed by atoms with E-state index in [1.807, 2.05) is 48.0 Å². The molecule has 0 amide bonds. The fourth-order valence-corrected chi connectivity index (χ4v) is 3.08. The van der Waals surface area contributed by atoms with Crippen LogP contribution in [-0.4, -0.2) is 10.5 Å². The van der Waals surface area contributed by atoms with E-state index in [1.54, 1.807) is 22.8 Å². The van der Waals surface area contributed by atoms with Crippen LogP contribution < -0.4 is 5.73 Å². The van der Waals surface area contributed by atoms with Gasteiger partial charge in [-0.1, -0.05) is 24.3 Å². The van der Waals surface area contributed by atoms with Crippen molar-refractivity contribution in [3.8, 4) is 0 Å². The predicted molar refractivity (Wildman–Crippen MR) is 85.8 cm³/mol. The lowest BCUT2D eigenvalue weighted by Crippen LogP contribution is -2.10. The van der Waals surface area contributed by atoms with Gasteiger partial charge in [-0.3, -0.25) is 9.36 Å². The molecule has 2 aromatic heterocycles. The first-order chi connectivity index (χ1) is 9.18. The van der Waals surface area contributed by atoms with Crippen LogP contribution in [0.2, 0.25) is 0 Å². The van der Waals surface area contributed by atoms with Crippen LogP contribution in [0.3, 0.4) is 0 Å². The number of halogens is 1. The zero-order valence-electron chi connectivity index (χ0n) is 10.9. The van der Waals surface area contributed by atoms with Crippen LogP contribution in [0.5, 0.6) is 0 Å². The van der Waals surface area contributed by atoms with E-state index in [9.17, 15) is 4.79 Å². The molecule has 0 saturated carbocycles. The molecule has 5 heteroatoms. The molecule has 0 spiro atoms. The molecule has 20 heavy (non-hydrogen) atoms. The molecular formula is C15H15ClN2OS. The molecule has 0 radical (unpaired) electrons. The zero-order valence-corrected chi connectivity index (χ0v) is 12.6. The second-order valence-electron chi connectivity index (χ2n) is 4.48. The Morgan fingerprint density at radius 2 is 2.00 bits per heavy atom. The van der Waals surface area contributed by atoms with Gasteiger partial charge in [0.15, 0.2) is 0 Å². The topological polar surface area (TPSA) is 48.0 Å². The Balaban J connectivity index is 0.00000147. The van der Waals surface area contributed by atoms with Gasteiger partial charge in [0.2, 0.25) is 5.91 Å². The molecule has 2 heterocycles. The molecule has 0 unspecified atom stereocenters. The van der Waals surface area contributed by atoms with Gasteiger partial charge in [-0.15, -0.1) is 23.7 Å². The molecule has 0 aliphatic carbocycles. The molecule has 0 fully saturated rings. The van der Waals surface area contributed by atoms with E-state index in [4.69, 9.17) is 5.73 Å². The number of benzene rings is 1. The average molecular weight is 307 g/mol. The molecule has 3 rings (SSSR count). The smallest absolute Gasteiger partial charge is 0.227 e. The van der Waals surface area contributed by atoms with Crippen LogP contribution in [0, 0.1) is 0 Å². The molecule has 0 bridgehead atoms. The maximum atomic E-state index is 11.7. The highest BCUT2D eigenvalue weighted by Gasteiger charge is 2.17. The van der Waals surface area contributed by atoms with Gasteiger partial charge in [0, 0.05) is 28.9 Å². The van der Waals surface area contributed by atoms with E-state index in [1.165, 1.54) is 0 Å². The molecule has 3 aromatic rings. The number of nitrogens with two attached hydrogens (primary N) is 1. The number of carbonyl (C=O) groups excluding carboxylic acids is 1. The van der Waals surface area contributed by atoms with Gasteiger partial charge in [-0.05, 0) is 17.5 Å². The summed E-state index contributed by atoms with van der Waals surface area (Å²) >= 11 is 1.63. The fourth-order valence-electron chi connectivity index (χ4n) is 2.34. The Kier molecular flexibility index (Phi) is 4.28. The summed E-state index contributed by atoms with van der Waals surface area (Å²) in [5.74, 6) is 0.000768. The van der Waals surface area contributed by atoms with Gasteiger partial charge in [0.05, 0.1) is 11.6 Å². The molecule has 1 aromatic carbocycles. The number of carbonyl (C=O) groups is 1. The van der Waals surface area contributed by atoms with Crippen LogP contribution in [-0.2, 0) is 0 Å². The van der Waals surface area contributed by atoms with Crippen molar-refractivity contribution in [2.75, 3.05) is 0 Å². The number of nitrogens with zero attached hydrogens (tertiary/aromatic N) is 1. The number of hydrogen-bond acceptors (Lipinski definition) is 3. The minimum Gasteiger partial charge on any atom is -0.320 e. The minimum absolute atomic E-state index is 0. The van der Waals surface area contributed by atoms with Crippen molar-refractivity contribution in [1.82, 2.24) is 4.57 Å². The largest absolute Gasteiger partial charge is 0.320 e. The number of aromatic nitrogens is 1. The van der Waals surface area contributed by atoms with Crippen molar-refractivity contribution < 1.29 is 4.79 Å². The van der Waals surface area contributed by atoms with Crippen molar-refractivity contribution in [3.05, 3.63) is 58.4 Å². The molecule has 3 nitrogen and oxygen atoms in total. The lowest BCUT2D eigenvalue weighted by molar-refractivity contribution is 0.0941. The molecule has 0 saturated heterocycles. The third kappa shape index (κ3) is 2.38. The normalized spacial score (nSPS) is 12.1. The van der Waals surface area contributed by atoms with E-state index in [0.29, 0.717) is 0 Å². The maximum absolute atomic E-state index is 11.7. The SMILES string of the molecule is CC(=O)n1cc([C@H](N)c2cccs2)c2ccccc21.Cl. The first kappa shape index (κ1) is 14.8. The minimum atomic E-state index is -0.189. The Hall–Kier alpha value is -1.62. The van der Waals surface area contributed by atoms with Gasteiger partial charge in [-0.2, -0.15) is 0 Å². The number of fused-ring (bicyclic) bond motifs is 1. The van der Waals surface area contributed by atoms with Gasteiger partial charge < -0.3 is 5.73 Å². The Labute approximate surface area is 127 Å². The molecule has 104 valence electrons. The molecule has 0 aliphatic heterocycles. The molecule has 0 aliphatic rings. The highest BCUT2D eigenvalue weighted by atomic mass is 35.5. The summed E-state index contributed by atoms with van der Waals surface area (Å²) in [6, 6.07) is 11.7. The summed E-state index contributed by atoms with van der Waals surface area (Å²) in [7, 11) is 0. The van der Waals surface area contributed by atoms with Crippen LogP contribution in [0.1, 0.15) is 28.2 Å².